The van der Waals surface area contributed by atoms with Crippen LogP contribution in [0.5, 0.6) is 0 Å². The topological polar surface area (TPSA) is 56.7 Å². The van der Waals surface area contributed by atoms with Crippen LogP contribution in [0.3, 0.4) is 0 Å². The second-order valence-electron chi connectivity index (χ2n) is 5.96. The number of halogens is 4. The molecule has 0 atom stereocenters. The van der Waals surface area contributed by atoms with Crippen LogP contribution in [-0.2, 0) is 11.9 Å². The standard InChI is InChI=1S/C19H12F4N4OS/c20-15-3-1-2-4-16(15)29-10-13-9-27(11-24-13)14-7-5-12(6-8-14)17-25-18(28-26-17)19(21,22)23/h1-9,11H,10H2. The third kappa shape index (κ3) is 4.32. The lowest BCUT2D eigenvalue weighted by Gasteiger charge is -2.03. The monoisotopic (exact) mass is 420 g/mol. The molecule has 0 spiro atoms. The molecule has 0 bridgehead atoms. The number of imidazole rings is 1. The van der Waals surface area contributed by atoms with Crippen molar-refractivity contribution in [3.63, 3.8) is 0 Å². The quantitative estimate of drug-likeness (QED) is 0.321. The molecule has 148 valence electrons. The predicted molar refractivity (Wildman–Crippen MR) is 97.8 cm³/mol. The van der Waals surface area contributed by atoms with E-state index in [0.717, 1.165) is 11.4 Å². The van der Waals surface area contributed by atoms with Crippen LogP contribution in [-0.4, -0.2) is 19.7 Å². The van der Waals surface area contributed by atoms with Gasteiger partial charge >= 0.3 is 12.1 Å². The summed E-state index contributed by atoms with van der Waals surface area (Å²) in [6, 6.07) is 13.1. The van der Waals surface area contributed by atoms with Gasteiger partial charge in [-0.2, -0.15) is 18.2 Å². The summed E-state index contributed by atoms with van der Waals surface area (Å²) in [5.74, 6) is -1.31. The van der Waals surface area contributed by atoms with Crippen molar-refractivity contribution in [2.45, 2.75) is 16.8 Å². The van der Waals surface area contributed by atoms with Crippen molar-refractivity contribution in [3.8, 4) is 17.1 Å². The summed E-state index contributed by atoms with van der Waals surface area (Å²) in [5.41, 5.74) is 1.90. The molecule has 0 saturated carbocycles. The van der Waals surface area contributed by atoms with Crippen LogP contribution in [0.4, 0.5) is 17.6 Å². The molecule has 10 heteroatoms. The number of aromatic nitrogens is 4. The van der Waals surface area contributed by atoms with E-state index in [-0.39, 0.29) is 11.6 Å². The van der Waals surface area contributed by atoms with Crippen LogP contribution in [0.25, 0.3) is 17.1 Å². The van der Waals surface area contributed by atoms with Gasteiger partial charge in [0, 0.05) is 28.1 Å². The smallest absolute Gasteiger partial charge is 0.329 e. The maximum Gasteiger partial charge on any atom is 0.471 e. The van der Waals surface area contributed by atoms with Gasteiger partial charge < -0.3 is 9.09 Å². The van der Waals surface area contributed by atoms with Gasteiger partial charge in [0.2, 0.25) is 5.82 Å². The van der Waals surface area contributed by atoms with Gasteiger partial charge in [-0.1, -0.05) is 17.3 Å². The molecule has 4 rings (SSSR count). The Bertz CT molecular complexity index is 1120. The summed E-state index contributed by atoms with van der Waals surface area (Å²) in [7, 11) is 0. The van der Waals surface area contributed by atoms with E-state index in [2.05, 4.69) is 19.6 Å². The molecule has 5 nitrogen and oxygen atoms in total. The zero-order valence-corrected chi connectivity index (χ0v) is 15.4. The Morgan fingerprint density at radius 2 is 1.79 bits per heavy atom. The fraction of sp³-hybridized carbons (Fsp3) is 0.105. The van der Waals surface area contributed by atoms with Crippen molar-refractivity contribution in [2.24, 2.45) is 0 Å². The Morgan fingerprint density at radius 1 is 1.03 bits per heavy atom. The molecule has 0 unspecified atom stereocenters. The van der Waals surface area contributed by atoms with Crippen molar-refractivity contribution in [3.05, 3.63) is 78.5 Å². The number of alkyl halides is 3. The lowest BCUT2D eigenvalue weighted by Crippen LogP contribution is -2.04. The van der Waals surface area contributed by atoms with Gasteiger partial charge in [-0.25, -0.2) is 9.37 Å². The number of benzene rings is 2. The number of hydrogen-bond acceptors (Lipinski definition) is 5. The van der Waals surface area contributed by atoms with Gasteiger partial charge in [0.1, 0.15) is 5.82 Å². The minimum Gasteiger partial charge on any atom is -0.329 e. The molecular formula is C19H12F4N4OS. The van der Waals surface area contributed by atoms with Crippen molar-refractivity contribution in [2.75, 3.05) is 0 Å². The Morgan fingerprint density at radius 3 is 2.48 bits per heavy atom. The Hall–Kier alpha value is -3.14. The van der Waals surface area contributed by atoms with E-state index in [4.69, 9.17) is 0 Å². The van der Waals surface area contributed by atoms with Gasteiger partial charge in [-0.3, -0.25) is 0 Å². The van der Waals surface area contributed by atoms with Gasteiger partial charge in [-0.05, 0) is 36.4 Å². The zero-order valence-electron chi connectivity index (χ0n) is 14.6. The van der Waals surface area contributed by atoms with E-state index in [0.29, 0.717) is 16.2 Å². The Kier molecular flexibility index (Phi) is 5.10. The molecule has 0 fully saturated rings. The normalized spacial score (nSPS) is 11.7. The highest BCUT2D eigenvalue weighted by molar-refractivity contribution is 7.98. The fourth-order valence-corrected chi connectivity index (χ4v) is 3.36. The average molecular weight is 420 g/mol. The van der Waals surface area contributed by atoms with Crippen molar-refractivity contribution in [1.29, 1.82) is 0 Å². The second-order valence-corrected chi connectivity index (χ2v) is 6.98. The molecule has 4 aromatic rings. The van der Waals surface area contributed by atoms with E-state index in [1.165, 1.54) is 17.8 Å². The SMILES string of the molecule is Fc1ccccc1SCc1cn(-c2ccc(-c3noc(C(F)(F)F)n3)cc2)cn1. The molecule has 2 heterocycles. The van der Waals surface area contributed by atoms with E-state index in [1.807, 2.05) is 0 Å². The van der Waals surface area contributed by atoms with Crippen molar-refractivity contribution < 1.29 is 22.1 Å². The third-order valence-corrected chi connectivity index (χ3v) is 5.02. The summed E-state index contributed by atoms with van der Waals surface area (Å²) < 4.78 is 57.4. The molecule has 2 aromatic carbocycles. The van der Waals surface area contributed by atoms with Crippen LogP contribution < -0.4 is 0 Å². The van der Waals surface area contributed by atoms with Crippen LogP contribution in [0.1, 0.15) is 11.6 Å². The van der Waals surface area contributed by atoms with Crippen molar-refractivity contribution >= 4 is 11.8 Å². The van der Waals surface area contributed by atoms with Gasteiger partial charge in [-0.15, -0.1) is 11.8 Å². The van der Waals surface area contributed by atoms with Gasteiger partial charge in [0.15, 0.2) is 0 Å². The van der Waals surface area contributed by atoms with E-state index < -0.39 is 12.1 Å². The molecule has 0 aliphatic carbocycles. The average Bonchev–Trinajstić information content (AvgIpc) is 3.37. The molecule has 0 amide bonds. The van der Waals surface area contributed by atoms with Crippen molar-refractivity contribution in [1.82, 2.24) is 19.7 Å². The molecule has 0 aliphatic rings. The molecule has 0 saturated heterocycles. The molecular weight excluding hydrogens is 408 g/mol. The Labute approximate surface area is 166 Å². The summed E-state index contributed by atoms with van der Waals surface area (Å²) in [6.07, 6.45) is -1.26. The van der Waals surface area contributed by atoms with Crippen LogP contribution in [0, 0.1) is 5.82 Å². The minimum absolute atomic E-state index is 0.142. The number of hydrogen-bond donors (Lipinski definition) is 0. The van der Waals surface area contributed by atoms with E-state index >= 15 is 0 Å². The summed E-state index contributed by atoms with van der Waals surface area (Å²) in [4.78, 5) is 8.21. The summed E-state index contributed by atoms with van der Waals surface area (Å²) in [5, 5.41) is 3.36. The third-order valence-electron chi connectivity index (χ3n) is 3.94. The highest BCUT2D eigenvalue weighted by Gasteiger charge is 2.38. The predicted octanol–water partition coefficient (Wildman–Crippen LogP) is 5.37. The zero-order chi connectivity index (χ0) is 20.4. The van der Waals surface area contributed by atoms with E-state index in [1.54, 1.807) is 59.6 Å². The first-order chi connectivity index (χ1) is 13.9. The molecule has 2 aromatic heterocycles. The highest BCUT2D eigenvalue weighted by atomic mass is 32.2. The number of rotatable bonds is 5. The first-order valence-corrected chi connectivity index (χ1v) is 9.30. The lowest BCUT2D eigenvalue weighted by molar-refractivity contribution is -0.159. The van der Waals surface area contributed by atoms with Crippen LogP contribution in [0.2, 0.25) is 0 Å². The highest BCUT2D eigenvalue weighted by Crippen LogP contribution is 2.29. The molecule has 0 radical (unpaired) electrons. The summed E-state index contributed by atoms with van der Waals surface area (Å²) >= 11 is 1.34. The largest absolute Gasteiger partial charge is 0.471 e. The first kappa shape index (κ1) is 19.2. The maximum atomic E-state index is 13.7. The minimum atomic E-state index is -4.68. The maximum absolute atomic E-state index is 13.7. The summed E-state index contributed by atoms with van der Waals surface area (Å²) in [6.45, 7) is 0. The van der Waals surface area contributed by atoms with Gasteiger partial charge in [0.25, 0.3) is 0 Å². The number of thioether (sulfide) groups is 1. The molecule has 0 aliphatic heterocycles. The first-order valence-electron chi connectivity index (χ1n) is 8.32. The second kappa shape index (κ2) is 7.70. The molecule has 29 heavy (non-hydrogen) atoms. The van der Waals surface area contributed by atoms with Gasteiger partial charge in [0.05, 0.1) is 12.0 Å². The van der Waals surface area contributed by atoms with E-state index in [9.17, 15) is 17.6 Å². The Balaban J connectivity index is 1.46. The number of nitrogens with zero attached hydrogens (tertiary/aromatic N) is 4. The fourth-order valence-electron chi connectivity index (χ4n) is 2.53. The van der Waals surface area contributed by atoms with Crippen LogP contribution in [0.15, 0.2) is 70.5 Å². The molecule has 0 N–H and O–H groups in total. The van der Waals surface area contributed by atoms with Crippen LogP contribution >= 0.6 is 11.8 Å². The lowest BCUT2D eigenvalue weighted by atomic mass is 10.2.